The van der Waals surface area contributed by atoms with Crippen molar-refractivity contribution < 1.29 is 0 Å². The second-order valence-corrected chi connectivity index (χ2v) is 21.0. The van der Waals surface area contributed by atoms with Crippen molar-refractivity contribution in [3.63, 3.8) is 0 Å². The van der Waals surface area contributed by atoms with Crippen LogP contribution < -0.4 is 20.7 Å². The van der Waals surface area contributed by atoms with E-state index in [0.29, 0.717) is 17.5 Å². The van der Waals surface area contributed by atoms with Crippen LogP contribution in [0.2, 0.25) is 0 Å². The molecule has 0 amide bonds. The summed E-state index contributed by atoms with van der Waals surface area (Å²) in [5.41, 5.74) is 10.6. The van der Waals surface area contributed by atoms with Crippen molar-refractivity contribution in [2.24, 2.45) is 0 Å². The minimum atomic E-state index is -2.85. The van der Waals surface area contributed by atoms with Gasteiger partial charge in [0.05, 0.1) is 16.7 Å². The van der Waals surface area contributed by atoms with Crippen LogP contribution >= 0.6 is 0 Å². The van der Waals surface area contributed by atoms with E-state index in [1.165, 1.54) is 37.1 Å². The smallest absolute Gasteiger partial charge is 0.179 e. The highest BCUT2D eigenvalue weighted by Gasteiger charge is 2.41. The minimum absolute atomic E-state index is 0.605. The van der Waals surface area contributed by atoms with Gasteiger partial charge < -0.3 is 4.57 Å². The average molecular weight is 885 g/mol. The van der Waals surface area contributed by atoms with Gasteiger partial charge in [-0.1, -0.05) is 249 Å². The lowest BCUT2D eigenvalue weighted by molar-refractivity contribution is 1.07. The molecule has 320 valence electrons. The monoisotopic (exact) mass is 884 g/mol. The summed E-state index contributed by atoms with van der Waals surface area (Å²) in [5.74, 6) is 1.86. The molecule has 2 aromatic heterocycles. The third-order valence-corrected chi connectivity index (χ3v) is 18.0. The lowest BCUT2D eigenvalue weighted by Crippen LogP contribution is -2.74. The van der Waals surface area contributed by atoms with Crippen molar-refractivity contribution >= 4 is 50.6 Å². The molecule has 0 spiro atoms. The van der Waals surface area contributed by atoms with Crippen molar-refractivity contribution in [1.82, 2.24) is 19.5 Å². The van der Waals surface area contributed by atoms with Gasteiger partial charge in [0, 0.05) is 33.0 Å². The maximum absolute atomic E-state index is 5.22. The third kappa shape index (κ3) is 7.23. The molecule has 0 bridgehead atoms. The maximum Gasteiger partial charge on any atom is 0.179 e. The molecule has 0 fully saturated rings. The fourth-order valence-electron chi connectivity index (χ4n) is 10.1. The van der Waals surface area contributed by atoms with Crippen LogP contribution in [0.1, 0.15) is 0 Å². The van der Waals surface area contributed by atoms with E-state index in [4.69, 9.17) is 15.0 Å². The molecule has 12 aromatic rings. The number of fused-ring (bicyclic) bond motifs is 3. The Balaban J connectivity index is 1.15. The van der Waals surface area contributed by atoms with E-state index in [0.717, 1.165) is 50.1 Å². The van der Waals surface area contributed by atoms with Gasteiger partial charge >= 0.3 is 0 Å². The van der Waals surface area contributed by atoms with Gasteiger partial charge in [-0.3, -0.25) is 0 Å². The molecule has 0 aliphatic carbocycles. The zero-order chi connectivity index (χ0) is 45.3. The zero-order valence-electron chi connectivity index (χ0n) is 37.2. The van der Waals surface area contributed by atoms with E-state index in [1.54, 1.807) is 0 Å². The Kier molecular flexibility index (Phi) is 10.5. The molecule has 10 aromatic carbocycles. The number of benzene rings is 10. The Hall–Kier alpha value is -8.77. The van der Waals surface area contributed by atoms with Gasteiger partial charge in [-0.2, -0.15) is 0 Å². The highest BCUT2D eigenvalue weighted by Crippen LogP contribution is 2.40. The van der Waals surface area contributed by atoms with Crippen LogP contribution in [0, 0.1) is 0 Å². The van der Waals surface area contributed by atoms with Crippen LogP contribution in [0.4, 0.5) is 0 Å². The summed E-state index contributed by atoms with van der Waals surface area (Å²) in [4.78, 5) is 15.5. The van der Waals surface area contributed by atoms with Gasteiger partial charge in [-0.25, -0.2) is 15.0 Å². The first-order chi connectivity index (χ1) is 33.7. The van der Waals surface area contributed by atoms with E-state index in [2.05, 4.69) is 235 Å². The third-order valence-electron chi connectivity index (χ3n) is 13.2. The molecule has 0 aliphatic heterocycles. The van der Waals surface area contributed by atoms with Crippen molar-refractivity contribution in [3.8, 4) is 62.1 Å². The fraction of sp³-hybridized carbons (Fsp3) is 0. The number of rotatable bonds is 10. The summed E-state index contributed by atoms with van der Waals surface area (Å²) in [6, 6.07) is 96.2. The van der Waals surface area contributed by atoms with Crippen LogP contribution in [-0.2, 0) is 0 Å². The lowest BCUT2D eigenvalue weighted by atomic mass is 10.00. The number of hydrogen-bond acceptors (Lipinski definition) is 3. The topological polar surface area (TPSA) is 43.6 Å². The Labute approximate surface area is 397 Å². The Morgan fingerprint density at radius 2 is 0.691 bits per heavy atom. The summed E-state index contributed by atoms with van der Waals surface area (Å²) in [6.07, 6.45) is 0. The fourth-order valence-corrected chi connectivity index (χ4v) is 14.9. The molecule has 68 heavy (non-hydrogen) atoms. The molecule has 0 saturated carbocycles. The van der Waals surface area contributed by atoms with Crippen LogP contribution in [-0.4, -0.2) is 27.6 Å². The first-order valence-corrected chi connectivity index (χ1v) is 25.1. The first kappa shape index (κ1) is 40.7. The number of aromatic nitrogens is 4. The van der Waals surface area contributed by atoms with E-state index in [-0.39, 0.29) is 0 Å². The van der Waals surface area contributed by atoms with E-state index in [1.807, 2.05) is 36.4 Å². The van der Waals surface area contributed by atoms with Crippen molar-refractivity contribution in [3.05, 3.63) is 267 Å². The standard InChI is InChI=1S/C63H44N4Si/c1-7-22-45(23-8-1)48-38-41-57-56-36-19-20-37-58(56)67(60(57)43-48)59-44-50(63-65-61(46-24-9-2-10-25-46)64-62(66-63)47-26-11-3-12-27-47)39-40-55(59)49-28-21-35-54(42-49)68(51-29-13-4-14-30-51,52-31-15-5-16-32-52)53-33-17-6-18-34-53/h1-44H. The van der Waals surface area contributed by atoms with Gasteiger partial charge in [0.15, 0.2) is 25.5 Å². The molecular weight excluding hydrogens is 841 g/mol. The molecule has 0 atom stereocenters. The Bertz CT molecular complexity index is 3560. The van der Waals surface area contributed by atoms with Crippen LogP contribution in [0.25, 0.3) is 83.9 Å². The van der Waals surface area contributed by atoms with Gasteiger partial charge in [0.1, 0.15) is 0 Å². The van der Waals surface area contributed by atoms with E-state index in [9.17, 15) is 0 Å². The highest BCUT2D eigenvalue weighted by atomic mass is 28.3. The predicted octanol–water partition coefficient (Wildman–Crippen LogP) is 12.7. The summed E-state index contributed by atoms with van der Waals surface area (Å²) in [5, 5.41) is 7.68. The molecule has 0 aliphatic rings. The van der Waals surface area contributed by atoms with E-state index >= 15 is 0 Å². The van der Waals surface area contributed by atoms with Gasteiger partial charge in [-0.15, -0.1) is 0 Å². The summed E-state index contributed by atoms with van der Waals surface area (Å²) in [6.45, 7) is 0. The van der Waals surface area contributed by atoms with Crippen LogP contribution in [0.15, 0.2) is 267 Å². The molecule has 5 heteroatoms. The predicted molar refractivity (Wildman–Crippen MR) is 285 cm³/mol. The van der Waals surface area contributed by atoms with Gasteiger partial charge in [-0.05, 0) is 55.6 Å². The molecular formula is C63H44N4Si. The molecule has 0 N–H and O–H groups in total. The Morgan fingerprint density at radius 1 is 0.265 bits per heavy atom. The van der Waals surface area contributed by atoms with Crippen molar-refractivity contribution in [2.75, 3.05) is 0 Å². The normalized spacial score (nSPS) is 11.5. The summed E-state index contributed by atoms with van der Waals surface area (Å²) in [7, 11) is -2.85. The minimum Gasteiger partial charge on any atom is -0.309 e. The number of hydrogen-bond donors (Lipinski definition) is 0. The Morgan fingerprint density at radius 3 is 1.25 bits per heavy atom. The molecule has 12 rings (SSSR count). The van der Waals surface area contributed by atoms with Crippen LogP contribution in [0.5, 0.6) is 0 Å². The SMILES string of the molecule is c1ccc(-c2ccc3c4ccccc4n(-c4cc(-c5nc(-c6ccccc6)nc(-c6ccccc6)n5)ccc4-c4cccc([Si](c5ccccc5)(c5ccccc5)c5ccccc5)c4)c3c2)cc1. The maximum atomic E-state index is 5.22. The first-order valence-electron chi connectivity index (χ1n) is 23.1. The lowest BCUT2D eigenvalue weighted by Gasteiger charge is -2.34. The van der Waals surface area contributed by atoms with Crippen LogP contribution in [0.3, 0.4) is 0 Å². The molecule has 2 heterocycles. The number of nitrogens with zero attached hydrogens (tertiary/aromatic N) is 4. The molecule has 4 nitrogen and oxygen atoms in total. The number of para-hydroxylation sites is 1. The summed E-state index contributed by atoms with van der Waals surface area (Å²) >= 11 is 0. The quantitative estimate of drug-likeness (QED) is 0.102. The van der Waals surface area contributed by atoms with E-state index < -0.39 is 8.07 Å². The molecule has 0 radical (unpaired) electrons. The largest absolute Gasteiger partial charge is 0.309 e. The average Bonchev–Trinajstić information content (AvgIpc) is 3.76. The van der Waals surface area contributed by atoms with Gasteiger partial charge in [0.2, 0.25) is 0 Å². The zero-order valence-corrected chi connectivity index (χ0v) is 38.2. The second-order valence-electron chi connectivity index (χ2n) is 17.1. The second kappa shape index (κ2) is 17.6. The van der Waals surface area contributed by atoms with Gasteiger partial charge in [0.25, 0.3) is 0 Å². The van der Waals surface area contributed by atoms with Crippen molar-refractivity contribution in [2.45, 2.75) is 0 Å². The highest BCUT2D eigenvalue weighted by molar-refractivity contribution is 7.19. The molecule has 0 unspecified atom stereocenters. The molecule has 0 saturated heterocycles. The van der Waals surface area contributed by atoms with Crippen molar-refractivity contribution in [1.29, 1.82) is 0 Å². The summed E-state index contributed by atoms with van der Waals surface area (Å²) < 4.78 is 2.45.